The minimum Gasteiger partial charge on any atom is -0.544 e. The largest absolute Gasteiger partial charge is 0.544 e. The Hall–Kier alpha value is -5.73. The average molecular weight is 926 g/mol. The lowest BCUT2D eigenvalue weighted by Gasteiger charge is -2.36. The Balaban J connectivity index is 1.63. The summed E-state index contributed by atoms with van der Waals surface area (Å²) < 4.78 is 11.9. The summed E-state index contributed by atoms with van der Waals surface area (Å²) in [6.45, 7) is 24.3. The second kappa shape index (κ2) is 21.3. The Bertz CT molecular complexity index is 2310. The van der Waals surface area contributed by atoms with Crippen LogP contribution in [0.4, 0.5) is 4.79 Å². The van der Waals surface area contributed by atoms with Crippen LogP contribution in [0.5, 0.6) is 5.75 Å². The van der Waals surface area contributed by atoms with Gasteiger partial charge >= 0.3 is 6.09 Å². The molecule has 2 N–H and O–H groups in total. The predicted octanol–water partition coefficient (Wildman–Crippen LogP) is 8.72. The fourth-order valence-electron chi connectivity index (χ4n) is 7.53. The summed E-state index contributed by atoms with van der Waals surface area (Å²) in [4.78, 5) is 89.0. The number of ether oxygens (including phenoxy) is 1. The van der Waals surface area contributed by atoms with E-state index in [4.69, 9.17) is 9.16 Å². The van der Waals surface area contributed by atoms with Crippen molar-refractivity contribution >= 4 is 54.5 Å². The Labute approximate surface area is 391 Å². The van der Waals surface area contributed by atoms with Crippen molar-refractivity contribution in [3.63, 3.8) is 0 Å². The maximum atomic E-state index is 14.7. The number of azide groups is 1. The van der Waals surface area contributed by atoms with Crippen molar-refractivity contribution < 1.29 is 37.9 Å². The molecule has 0 spiro atoms. The van der Waals surface area contributed by atoms with E-state index < -0.39 is 79.3 Å². The topological polar surface area (TPSA) is 200 Å². The lowest BCUT2D eigenvalue weighted by molar-refractivity contribution is -0.147. The summed E-state index contributed by atoms with van der Waals surface area (Å²) in [6, 6.07) is 16.0. The van der Waals surface area contributed by atoms with Gasteiger partial charge in [0.25, 0.3) is 0 Å². The minimum atomic E-state index is -2.09. The molecule has 3 aromatic rings. The van der Waals surface area contributed by atoms with Crippen LogP contribution in [-0.2, 0) is 41.6 Å². The maximum Gasteiger partial charge on any atom is 0.410 e. The van der Waals surface area contributed by atoms with Crippen molar-refractivity contribution in [2.45, 2.75) is 156 Å². The van der Waals surface area contributed by atoms with Crippen LogP contribution in [0.15, 0.2) is 71.8 Å². The molecule has 358 valence electrons. The molecule has 1 saturated heterocycles. The fraction of sp³-hybridized carbons (Fsp3) is 0.560. The van der Waals surface area contributed by atoms with Crippen molar-refractivity contribution in [2.75, 3.05) is 13.6 Å². The van der Waals surface area contributed by atoms with Gasteiger partial charge in [0.2, 0.25) is 26.0 Å². The first kappa shape index (κ1) is 52.9. The number of likely N-dealkylation sites (tertiary alicyclic amines) is 1. The maximum absolute atomic E-state index is 14.7. The standard InChI is InChI=1S/C50H71N7O8Si/c1-31(56(12)47(63)64-49(6,7)8)43(59)29-39(48(3,4)5)46(62)57-30-37(54-55-51)28-42(57)45(61)53-41(27-34-19-22-35-17-15-16-18-36(35)25-34)44(60)52-40(32(2)58)26-33-20-23-38(24-21-33)65-66(13,14)50(9,10)11/h15-25,31,37,39-42H,26-30H2,1-14H3,(H,52,60)(H,53,61)/t31?,37-,39+,40-,41-,42-/m0/s1. The van der Waals surface area contributed by atoms with Gasteiger partial charge in [-0.3, -0.25) is 24.0 Å². The first-order valence-electron chi connectivity index (χ1n) is 22.7. The van der Waals surface area contributed by atoms with Gasteiger partial charge in [0, 0.05) is 37.3 Å². The molecule has 4 rings (SSSR count). The van der Waals surface area contributed by atoms with Crippen LogP contribution in [0.2, 0.25) is 18.1 Å². The lowest BCUT2D eigenvalue weighted by Crippen LogP contribution is -2.57. The number of fused-ring (bicyclic) bond motifs is 1. The summed E-state index contributed by atoms with van der Waals surface area (Å²) in [7, 11) is -0.633. The first-order chi connectivity index (χ1) is 30.5. The second-order valence-corrected chi connectivity index (χ2v) is 26.0. The van der Waals surface area contributed by atoms with E-state index in [1.165, 1.54) is 23.8 Å². The molecule has 1 aliphatic heterocycles. The van der Waals surface area contributed by atoms with E-state index in [0.717, 1.165) is 27.6 Å². The summed E-state index contributed by atoms with van der Waals surface area (Å²) >= 11 is 0. The smallest absolute Gasteiger partial charge is 0.410 e. The number of nitrogens with zero attached hydrogens (tertiary/aromatic N) is 5. The molecule has 0 saturated carbocycles. The van der Waals surface area contributed by atoms with E-state index in [0.29, 0.717) is 0 Å². The van der Waals surface area contributed by atoms with Crippen LogP contribution >= 0.6 is 0 Å². The summed E-state index contributed by atoms with van der Waals surface area (Å²) in [6.07, 6.45) is -0.724. The van der Waals surface area contributed by atoms with Crippen molar-refractivity contribution in [2.24, 2.45) is 16.4 Å². The number of ketones is 2. The van der Waals surface area contributed by atoms with E-state index >= 15 is 0 Å². The number of hydrogen-bond donors (Lipinski definition) is 2. The highest BCUT2D eigenvalue weighted by Crippen LogP contribution is 2.38. The third-order valence-electron chi connectivity index (χ3n) is 12.8. The Morgan fingerprint density at radius 1 is 0.864 bits per heavy atom. The quantitative estimate of drug-likeness (QED) is 0.0579. The molecule has 66 heavy (non-hydrogen) atoms. The van der Waals surface area contributed by atoms with Crippen LogP contribution in [0.1, 0.15) is 100 Å². The predicted molar refractivity (Wildman–Crippen MR) is 259 cm³/mol. The number of Topliss-reactive ketones (excluding diaryl/α,β-unsaturated/α-hetero) is 2. The molecule has 0 aromatic heterocycles. The van der Waals surface area contributed by atoms with E-state index in [2.05, 4.69) is 54.5 Å². The summed E-state index contributed by atoms with van der Waals surface area (Å²) in [5, 5.41) is 11.6. The zero-order valence-corrected chi connectivity index (χ0v) is 42.4. The number of carbonyl (C=O) groups excluding carboxylic acids is 6. The number of hydrogen-bond acceptors (Lipinski definition) is 9. The van der Waals surface area contributed by atoms with Gasteiger partial charge in [0.15, 0.2) is 11.6 Å². The molecule has 1 heterocycles. The summed E-state index contributed by atoms with van der Waals surface area (Å²) in [5.41, 5.74) is 9.40. The van der Waals surface area contributed by atoms with Gasteiger partial charge in [0.1, 0.15) is 23.4 Å². The first-order valence-corrected chi connectivity index (χ1v) is 25.6. The highest BCUT2D eigenvalue weighted by atomic mass is 28.4. The monoisotopic (exact) mass is 926 g/mol. The Morgan fingerprint density at radius 3 is 2.02 bits per heavy atom. The Kier molecular flexibility index (Phi) is 17.0. The molecular formula is C50H71N7O8Si. The third kappa shape index (κ3) is 14.1. The molecule has 6 atom stereocenters. The van der Waals surface area contributed by atoms with E-state index in [9.17, 15) is 34.3 Å². The summed E-state index contributed by atoms with van der Waals surface area (Å²) in [5.74, 6) is -2.64. The number of nitrogens with one attached hydrogen (secondary N) is 2. The molecule has 1 aliphatic rings. The molecule has 3 aromatic carbocycles. The molecule has 16 heteroatoms. The number of amides is 4. The molecule has 4 amide bonds. The normalized spacial score (nSPS) is 17.4. The van der Waals surface area contributed by atoms with Crippen molar-refractivity contribution in [1.29, 1.82) is 0 Å². The van der Waals surface area contributed by atoms with Crippen molar-refractivity contribution in [3.8, 4) is 5.75 Å². The molecule has 0 aliphatic carbocycles. The average Bonchev–Trinajstić information content (AvgIpc) is 3.64. The van der Waals surface area contributed by atoms with E-state index in [1.54, 1.807) is 27.7 Å². The zero-order chi connectivity index (χ0) is 49.5. The van der Waals surface area contributed by atoms with Crippen LogP contribution in [-0.4, -0.2) is 103 Å². The van der Waals surface area contributed by atoms with Gasteiger partial charge in [0.05, 0.1) is 18.1 Å². The number of benzene rings is 3. The van der Waals surface area contributed by atoms with Gasteiger partial charge in [-0.25, -0.2) is 4.79 Å². The third-order valence-corrected chi connectivity index (χ3v) is 17.2. The Morgan fingerprint density at radius 2 is 1.45 bits per heavy atom. The SMILES string of the molecule is CC(=O)[C@H](Cc1ccc(O[Si](C)(C)C(C)(C)C)cc1)NC(=O)[C@H](Cc1ccc2ccccc2c1)NC(=O)[C@@H]1C[C@H](N=[N+]=[N-])CN1C(=O)[C@@H](CC(=O)C(C)N(C)C(=O)OC(C)(C)C)C(C)(C)C. The van der Waals surface area contributed by atoms with Crippen LogP contribution in [0.3, 0.4) is 0 Å². The van der Waals surface area contributed by atoms with Gasteiger partial charge in [-0.1, -0.05) is 101 Å². The molecule has 0 radical (unpaired) electrons. The number of rotatable bonds is 17. The van der Waals surface area contributed by atoms with E-state index in [-0.39, 0.29) is 48.8 Å². The van der Waals surface area contributed by atoms with Gasteiger partial charge in [-0.05, 0) is 111 Å². The van der Waals surface area contributed by atoms with Crippen LogP contribution < -0.4 is 15.1 Å². The minimum absolute atomic E-state index is 0.00348. The molecule has 15 nitrogen and oxygen atoms in total. The van der Waals surface area contributed by atoms with Crippen molar-refractivity contribution in [1.82, 2.24) is 20.4 Å². The van der Waals surface area contributed by atoms with Crippen molar-refractivity contribution in [3.05, 3.63) is 88.3 Å². The molecule has 0 bridgehead atoms. The van der Waals surface area contributed by atoms with Gasteiger partial charge in [-0.2, -0.15) is 0 Å². The molecule has 1 unspecified atom stereocenters. The molecular weight excluding hydrogens is 855 g/mol. The lowest BCUT2D eigenvalue weighted by atomic mass is 9.76. The number of carbonyl (C=O) groups is 6. The second-order valence-electron chi connectivity index (χ2n) is 21.3. The van der Waals surface area contributed by atoms with Gasteiger partial charge < -0.3 is 29.6 Å². The highest BCUT2D eigenvalue weighted by Gasteiger charge is 2.46. The zero-order valence-electron chi connectivity index (χ0n) is 41.4. The molecule has 1 fully saturated rings. The fourth-order valence-corrected chi connectivity index (χ4v) is 8.56. The highest BCUT2D eigenvalue weighted by molar-refractivity contribution is 6.74. The van der Waals surface area contributed by atoms with E-state index in [1.807, 2.05) is 87.5 Å². The number of likely N-dealkylation sites (N-methyl/N-ethyl adjacent to an activating group) is 1. The van der Waals surface area contributed by atoms with Gasteiger partial charge in [-0.15, -0.1) is 0 Å². The van der Waals surface area contributed by atoms with Crippen LogP contribution in [0.25, 0.3) is 21.2 Å². The van der Waals surface area contributed by atoms with Crippen LogP contribution in [0, 0.1) is 11.3 Å².